The average molecular weight is 267 g/mol. The lowest BCUT2D eigenvalue weighted by Gasteiger charge is -2.08. The number of nitrogens with two attached hydrogens (primary N) is 1. The molecule has 5 heteroatoms. The predicted octanol–water partition coefficient (Wildman–Crippen LogP) is 3.56. The van der Waals surface area contributed by atoms with Crippen molar-refractivity contribution in [3.63, 3.8) is 0 Å². The van der Waals surface area contributed by atoms with Crippen LogP contribution in [0.5, 0.6) is 0 Å². The summed E-state index contributed by atoms with van der Waals surface area (Å²) in [5.74, 6) is 0. The van der Waals surface area contributed by atoms with Crippen molar-refractivity contribution in [1.29, 1.82) is 0 Å². The molecule has 1 aromatic carbocycles. The minimum Gasteiger partial charge on any atom is -0.399 e. The van der Waals surface area contributed by atoms with Gasteiger partial charge in [0.2, 0.25) is 0 Å². The number of nitrogen functional groups attached to an aromatic ring is 1. The molecule has 0 aliphatic carbocycles. The Labute approximate surface area is 110 Å². The molecule has 0 spiro atoms. The Hall–Kier alpha value is -0.640. The third-order valence-corrected chi connectivity index (χ3v) is 2.06. The summed E-state index contributed by atoms with van der Waals surface area (Å²) < 4.78 is 0. The van der Waals surface area contributed by atoms with Crippen LogP contribution in [0.3, 0.4) is 0 Å². The highest BCUT2D eigenvalue weighted by atomic mass is 35.5. The number of hydrogen-bond donors (Lipinski definition) is 2. The molecule has 1 rings (SSSR count). The van der Waals surface area contributed by atoms with E-state index in [1.165, 1.54) is 0 Å². The van der Waals surface area contributed by atoms with E-state index in [1.54, 1.807) is 0 Å². The number of hydrogen-bond acceptors (Lipinski definition) is 3. The van der Waals surface area contributed by atoms with Gasteiger partial charge in [0.05, 0.1) is 12.3 Å². The van der Waals surface area contributed by atoms with Crippen LogP contribution in [0.2, 0.25) is 0 Å². The molecule has 16 heavy (non-hydrogen) atoms. The number of benzene rings is 1. The number of anilines is 2. The number of aryl methyl sites for hydroxylation is 1. The first-order chi connectivity index (χ1) is 6.74. The second kappa shape index (κ2) is 9.58. The van der Waals surface area contributed by atoms with Gasteiger partial charge in [0.1, 0.15) is 0 Å². The molecule has 0 aliphatic rings. The Kier molecular flexibility index (Phi) is 10.6. The van der Waals surface area contributed by atoms with E-state index in [0.717, 1.165) is 36.4 Å². The number of nitrogens with one attached hydrogen (secondary N) is 1. The highest BCUT2D eigenvalue weighted by Crippen LogP contribution is 2.16. The van der Waals surface area contributed by atoms with Gasteiger partial charge in [-0.1, -0.05) is 13.3 Å². The average Bonchev–Trinajstić information content (AvgIpc) is 2.18. The Morgan fingerprint density at radius 2 is 2.00 bits per heavy atom. The molecule has 0 atom stereocenters. The fraction of sp³-hybridized carbons (Fsp3) is 0.455. The quantitative estimate of drug-likeness (QED) is 0.487. The molecular weight excluding hydrogens is 247 g/mol. The summed E-state index contributed by atoms with van der Waals surface area (Å²) in [6, 6.07) is 5.76. The monoisotopic (exact) mass is 266 g/mol. The van der Waals surface area contributed by atoms with Gasteiger partial charge in [0, 0.05) is 5.69 Å². The van der Waals surface area contributed by atoms with Crippen LogP contribution in [0.1, 0.15) is 25.3 Å². The molecule has 0 unspecified atom stereocenters. The molecule has 94 valence electrons. The lowest BCUT2D eigenvalue weighted by molar-refractivity contribution is 0.189. The molecule has 0 amide bonds. The second-order valence-electron chi connectivity index (χ2n) is 3.38. The highest BCUT2D eigenvalue weighted by Gasteiger charge is 1.95. The van der Waals surface area contributed by atoms with Gasteiger partial charge < -0.3 is 5.73 Å². The fourth-order valence-electron chi connectivity index (χ4n) is 1.09. The first-order valence-electron chi connectivity index (χ1n) is 4.98. The fourth-order valence-corrected chi connectivity index (χ4v) is 1.09. The van der Waals surface area contributed by atoms with E-state index in [1.807, 2.05) is 25.1 Å². The summed E-state index contributed by atoms with van der Waals surface area (Å²) in [5.41, 5.74) is 11.4. The van der Waals surface area contributed by atoms with Crippen molar-refractivity contribution in [2.24, 2.45) is 0 Å². The first kappa shape index (κ1) is 17.7. The van der Waals surface area contributed by atoms with Crippen molar-refractivity contribution in [3.8, 4) is 0 Å². The van der Waals surface area contributed by atoms with Crippen LogP contribution in [0.4, 0.5) is 11.4 Å². The number of halogens is 2. The van der Waals surface area contributed by atoms with E-state index in [2.05, 4.69) is 12.4 Å². The maximum atomic E-state index is 5.70. The summed E-state index contributed by atoms with van der Waals surface area (Å²) in [5, 5.41) is 0. The zero-order chi connectivity index (χ0) is 10.4. The van der Waals surface area contributed by atoms with Gasteiger partial charge in [-0.15, -0.1) is 24.8 Å². The molecule has 0 saturated heterocycles. The van der Waals surface area contributed by atoms with Crippen LogP contribution in [0, 0.1) is 6.92 Å². The molecular formula is C11H20Cl2N2O. The Bertz CT molecular complexity index is 295. The minimum atomic E-state index is 0. The van der Waals surface area contributed by atoms with Gasteiger partial charge in [0.25, 0.3) is 0 Å². The van der Waals surface area contributed by atoms with Crippen LogP contribution in [0.25, 0.3) is 0 Å². The molecule has 3 N–H and O–H groups in total. The third-order valence-electron chi connectivity index (χ3n) is 2.06. The van der Waals surface area contributed by atoms with Crippen LogP contribution in [0.15, 0.2) is 18.2 Å². The van der Waals surface area contributed by atoms with E-state index in [9.17, 15) is 0 Å². The summed E-state index contributed by atoms with van der Waals surface area (Å²) in [4.78, 5) is 5.26. The summed E-state index contributed by atoms with van der Waals surface area (Å²) in [6.07, 6.45) is 2.21. The van der Waals surface area contributed by atoms with Gasteiger partial charge >= 0.3 is 0 Å². The largest absolute Gasteiger partial charge is 0.399 e. The van der Waals surface area contributed by atoms with E-state index in [0.29, 0.717) is 0 Å². The van der Waals surface area contributed by atoms with E-state index >= 15 is 0 Å². The van der Waals surface area contributed by atoms with Crippen molar-refractivity contribution >= 4 is 36.2 Å². The Balaban J connectivity index is 0. The Morgan fingerprint density at radius 1 is 1.31 bits per heavy atom. The standard InChI is InChI=1S/C11H18N2O.2ClH/c1-3-4-7-14-13-10-5-6-11(12)9(2)8-10;;/h5-6,8,13H,3-4,7,12H2,1-2H3;2*1H. The maximum absolute atomic E-state index is 5.70. The lowest BCUT2D eigenvalue weighted by Crippen LogP contribution is -2.03. The normalized spacial score (nSPS) is 8.88. The maximum Gasteiger partial charge on any atom is 0.0745 e. The van der Waals surface area contributed by atoms with Crippen LogP contribution in [-0.4, -0.2) is 6.61 Å². The summed E-state index contributed by atoms with van der Waals surface area (Å²) in [7, 11) is 0. The van der Waals surface area contributed by atoms with Crippen LogP contribution >= 0.6 is 24.8 Å². The van der Waals surface area contributed by atoms with E-state index in [4.69, 9.17) is 10.6 Å². The van der Waals surface area contributed by atoms with Gasteiger partial charge in [-0.05, 0) is 37.1 Å². The van der Waals surface area contributed by atoms with Crippen LogP contribution < -0.4 is 11.2 Å². The van der Waals surface area contributed by atoms with Gasteiger partial charge in [0.15, 0.2) is 0 Å². The van der Waals surface area contributed by atoms with E-state index in [-0.39, 0.29) is 24.8 Å². The van der Waals surface area contributed by atoms with Gasteiger partial charge in [-0.2, -0.15) is 0 Å². The second-order valence-corrected chi connectivity index (χ2v) is 3.38. The first-order valence-corrected chi connectivity index (χ1v) is 4.98. The highest BCUT2D eigenvalue weighted by molar-refractivity contribution is 5.85. The zero-order valence-corrected chi connectivity index (χ0v) is 11.3. The molecule has 0 aromatic heterocycles. The van der Waals surface area contributed by atoms with Crippen molar-refractivity contribution in [3.05, 3.63) is 23.8 Å². The molecule has 0 aliphatic heterocycles. The van der Waals surface area contributed by atoms with E-state index < -0.39 is 0 Å². The van der Waals surface area contributed by atoms with Gasteiger partial charge in [-0.25, -0.2) is 0 Å². The smallest absolute Gasteiger partial charge is 0.0745 e. The molecule has 0 radical (unpaired) electrons. The van der Waals surface area contributed by atoms with Crippen molar-refractivity contribution in [2.45, 2.75) is 26.7 Å². The molecule has 0 bridgehead atoms. The number of rotatable bonds is 5. The van der Waals surface area contributed by atoms with Crippen molar-refractivity contribution in [2.75, 3.05) is 17.8 Å². The zero-order valence-electron chi connectivity index (χ0n) is 9.66. The molecule has 0 heterocycles. The summed E-state index contributed by atoms with van der Waals surface area (Å²) >= 11 is 0. The lowest BCUT2D eigenvalue weighted by atomic mass is 10.2. The third kappa shape index (κ3) is 6.05. The van der Waals surface area contributed by atoms with Gasteiger partial charge in [-0.3, -0.25) is 10.3 Å². The van der Waals surface area contributed by atoms with Crippen molar-refractivity contribution in [1.82, 2.24) is 0 Å². The topological polar surface area (TPSA) is 47.3 Å². The minimum absolute atomic E-state index is 0. The molecule has 3 nitrogen and oxygen atoms in total. The van der Waals surface area contributed by atoms with Crippen molar-refractivity contribution < 1.29 is 4.84 Å². The molecule has 0 fully saturated rings. The summed E-state index contributed by atoms with van der Waals surface area (Å²) in [6.45, 7) is 4.85. The Morgan fingerprint density at radius 3 is 2.56 bits per heavy atom. The molecule has 1 aromatic rings. The van der Waals surface area contributed by atoms with Crippen LogP contribution in [-0.2, 0) is 4.84 Å². The molecule has 0 saturated carbocycles. The predicted molar refractivity (Wildman–Crippen MR) is 74.6 cm³/mol. The number of unbranched alkanes of at least 4 members (excludes halogenated alkanes) is 1. The SMILES string of the molecule is CCCCONc1ccc(N)c(C)c1.Cl.Cl.